The summed E-state index contributed by atoms with van der Waals surface area (Å²) in [4.78, 5) is 0. The van der Waals surface area contributed by atoms with Gasteiger partial charge in [0, 0.05) is 5.92 Å². The summed E-state index contributed by atoms with van der Waals surface area (Å²) in [6, 6.07) is 0. The molecule has 0 radical (unpaired) electrons. The lowest BCUT2D eigenvalue weighted by Gasteiger charge is -2.11. The summed E-state index contributed by atoms with van der Waals surface area (Å²) in [6.45, 7) is 4.64. The first kappa shape index (κ1) is 7.03. The summed E-state index contributed by atoms with van der Waals surface area (Å²) in [5, 5.41) is 9.17. The smallest absolute Gasteiger partial charge is 0.0823 e. The zero-order valence-corrected chi connectivity index (χ0v) is 6.00. The van der Waals surface area contributed by atoms with Gasteiger partial charge in [-0.15, -0.1) is 0 Å². The van der Waals surface area contributed by atoms with Crippen LogP contribution in [0.1, 0.15) is 20.3 Å². The molecule has 0 aliphatic carbocycles. The average molecular weight is 130 g/mol. The second-order valence-electron chi connectivity index (χ2n) is 2.71. The van der Waals surface area contributed by atoms with Crippen molar-refractivity contribution < 1.29 is 9.84 Å². The first-order valence-corrected chi connectivity index (χ1v) is 3.55. The number of ether oxygens (including phenoxy) is 1. The van der Waals surface area contributed by atoms with Crippen LogP contribution in [-0.4, -0.2) is 23.9 Å². The quantitative estimate of drug-likeness (QED) is 0.568. The van der Waals surface area contributed by atoms with Gasteiger partial charge in [0.2, 0.25) is 0 Å². The fourth-order valence-electron chi connectivity index (χ4n) is 1.26. The Morgan fingerprint density at radius 1 is 1.67 bits per heavy atom. The summed E-state index contributed by atoms with van der Waals surface area (Å²) in [6.07, 6.45) is 1.08. The van der Waals surface area contributed by atoms with Crippen LogP contribution >= 0.6 is 0 Å². The Bertz CT molecular complexity index is 92.9. The van der Waals surface area contributed by atoms with Gasteiger partial charge >= 0.3 is 0 Å². The van der Waals surface area contributed by atoms with E-state index in [0.29, 0.717) is 18.6 Å². The summed E-state index contributed by atoms with van der Waals surface area (Å²) >= 11 is 0. The Kier molecular flexibility index (Phi) is 2.09. The van der Waals surface area contributed by atoms with Crippen LogP contribution in [0.2, 0.25) is 0 Å². The van der Waals surface area contributed by atoms with Crippen molar-refractivity contribution >= 4 is 0 Å². The Hall–Kier alpha value is -0.0800. The van der Waals surface area contributed by atoms with Crippen LogP contribution in [0.5, 0.6) is 0 Å². The van der Waals surface area contributed by atoms with Gasteiger partial charge < -0.3 is 9.84 Å². The Labute approximate surface area is 55.8 Å². The Morgan fingerprint density at radius 3 is 2.56 bits per heavy atom. The molecule has 0 bridgehead atoms. The molecule has 1 rings (SSSR count). The molecule has 0 saturated carbocycles. The molecule has 9 heavy (non-hydrogen) atoms. The topological polar surface area (TPSA) is 29.5 Å². The largest absolute Gasteiger partial charge is 0.390 e. The summed E-state index contributed by atoms with van der Waals surface area (Å²) < 4.78 is 5.28. The molecule has 0 aromatic carbocycles. The first-order chi connectivity index (χ1) is 4.25. The van der Waals surface area contributed by atoms with Crippen LogP contribution in [-0.2, 0) is 4.74 Å². The maximum Gasteiger partial charge on any atom is 0.0823 e. The van der Waals surface area contributed by atoms with Gasteiger partial charge in [0.15, 0.2) is 0 Å². The molecule has 0 spiro atoms. The van der Waals surface area contributed by atoms with Crippen molar-refractivity contribution in [2.75, 3.05) is 6.61 Å². The van der Waals surface area contributed by atoms with Crippen molar-refractivity contribution in [2.24, 2.45) is 5.92 Å². The van der Waals surface area contributed by atoms with Gasteiger partial charge in [-0.1, -0.05) is 13.8 Å². The van der Waals surface area contributed by atoms with Gasteiger partial charge in [0.05, 0.1) is 18.8 Å². The van der Waals surface area contributed by atoms with Crippen molar-refractivity contribution in [2.45, 2.75) is 32.5 Å². The fraction of sp³-hybridized carbons (Fsp3) is 1.00. The molecule has 1 heterocycles. The van der Waals surface area contributed by atoms with Crippen molar-refractivity contribution in [3.63, 3.8) is 0 Å². The van der Waals surface area contributed by atoms with Gasteiger partial charge in [0.1, 0.15) is 0 Å². The van der Waals surface area contributed by atoms with Crippen LogP contribution < -0.4 is 0 Å². The molecule has 0 amide bonds. The molecule has 1 aliphatic rings. The lowest BCUT2D eigenvalue weighted by molar-refractivity contribution is 0.0843. The average Bonchev–Trinajstić information content (AvgIpc) is 2.15. The molecule has 1 fully saturated rings. The number of hydrogen-bond acceptors (Lipinski definition) is 2. The minimum absolute atomic E-state index is 0.227. The first-order valence-electron chi connectivity index (χ1n) is 3.55. The molecule has 2 nitrogen and oxygen atoms in total. The molecule has 1 aliphatic heterocycles. The highest BCUT2D eigenvalue weighted by Gasteiger charge is 2.30. The van der Waals surface area contributed by atoms with Crippen molar-refractivity contribution in [3.05, 3.63) is 0 Å². The third-order valence-corrected chi connectivity index (χ3v) is 2.08. The normalized spacial score (nSPS) is 43.7. The Balaban J connectivity index is 2.41. The van der Waals surface area contributed by atoms with E-state index in [2.05, 4.69) is 6.92 Å². The lowest BCUT2D eigenvalue weighted by atomic mass is 10.0. The predicted octanol–water partition coefficient (Wildman–Crippen LogP) is 0.792. The van der Waals surface area contributed by atoms with E-state index in [9.17, 15) is 5.11 Å². The highest BCUT2D eigenvalue weighted by molar-refractivity contribution is 4.78. The van der Waals surface area contributed by atoms with Crippen LogP contribution in [0.15, 0.2) is 0 Å². The third kappa shape index (κ3) is 1.25. The monoisotopic (exact) mass is 130 g/mol. The lowest BCUT2D eigenvalue weighted by Crippen LogP contribution is -2.19. The number of hydrogen-bond donors (Lipinski definition) is 1. The SMILES string of the molecule is CC[C@H]1OC[C@H](O)C1C. The van der Waals surface area contributed by atoms with Crippen molar-refractivity contribution in [1.29, 1.82) is 0 Å². The molecule has 2 heteroatoms. The molecule has 1 unspecified atom stereocenters. The highest BCUT2D eigenvalue weighted by Crippen LogP contribution is 2.22. The fourth-order valence-corrected chi connectivity index (χ4v) is 1.26. The molecular formula is C7H14O2. The van der Waals surface area contributed by atoms with Gasteiger partial charge in [-0.3, -0.25) is 0 Å². The van der Waals surface area contributed by atoms with Gasteiger partial charge in [-0.2, -0.15) is 0 Å². The molecule has 1 saturated heterocycles. The molecular weight excluding hydrogens is 116 g/mol. The standard InChI is InChI=1S/C7H14O2/c1-3-7-5(2)6(8)4-9-7/h5-8H,3-4H2,1-2H3/t5?,6-,7+/m0/s1. The summed E-state index contributed by atoms with van der Waals surface area (Å²) in [5.74, 6) is 0.329. The van der Waals surface area contributed by atoms with E-state index in [0.717, 1.165) is 6.42 Å². The molecule has 1 N–H and O–H groups in total. The molecule has 0 aromatic rings. The summed E-state index contributed by atoms with van der Waals surface area (Å²) in [7, 11) is 0. The zero-order chi connectivity index (χ0) is 6.85. The molecule has 0 aromatic heterocycles. The van der Waals surface area contributed by atoms with Gasteiger partial charge in [-0.05, 0) is 6.42 Å². The van der Waals surface area contributed by atoms with Crippen molar-refractivity contribution in [3.8, 4) is 0 Å². The van der Waals surface area contributed by atoms with Crippen molar-refractivity contribution in [1.82, 2.24) is 0 Å². The zero-order valence-electron chi connectivity index (χ0n) is 6.00. The van der Waals surface area contributed by atoms with Gasteiger partial charge in [-0.25, -0.2) is 0 Å². The van der Waals surface area contributed by atoms with E-state index < -0.39 is 0 Å². The van der Waals surface area contributed by atoms with Crippen LogP contribution in [0.25, 0.3) is 0 Å². The number of aliphatic hydroxyl groups is 1. The minimum atomic E-state index is -0.227. The highest BCUT2D eigenvalue weighted by atomic mass is 16.5. The maximum atomic E-state index is 9.17. The summed E-state index contributed by atoms with van der Waals surface area (Å²) in [5.41, 5.74) is 0. The van der Waals surface area contributed by atoms with Gasteiger partial charge in [0.25, 0.3) is 0 Å². The van der Waals surface area contributed by atoms with E-state index >= 15 is 0 Å². The number of rotatable bonds is 1. The number of aliphatic hydroxyl groups excluding tert-OH is 1. The van der Waals surface area contributed by atoms with E-state index in [-0.39, 0.29) is 6.10 Å². The minimum Gasteiger partial charge on any atom is -0.390 e. The van der Waals surface area contributed by atoms with E-state index in [4.69, 9.17) is 4.74 Å². The maximum absolute atomic E-state index is 9.17. The molecule has 54 valence electrons. The van der Waals surface area contributed by atoms with E-state index in [1.807, 2.05) is 6.92 Å². The second kappa shape index (κ2) is 2.67. The van der Waals surface area contributed by atoms with Crippen LogP contribution in [0, 0.1) is 5.92 Å². The van der Waals surface area contributed by atoms with E-state index in [1.54, 1.807) is 0 Å². The Morgan fingerprint density at radius 2 is 2.33 bits per heavy atom. The third-order valence-electron chi connectivity index (χ3n) is 2.08. The molecule has 3 atom stereocenters. The predicted molar refractivity (Wildman–Crippen MR) is 35.2 cm³/mol. The second-order valence-corrected chi connectivity index (χ2v) is 2.71. The van der Waals surface area contributed by atoms with Crippen LogP contribution in [0.4, 0.5) is 0 Å². The van der Waals surface area contributed by atoms with E-state index in [1.165, 1.54) is 0 Å². The van der Waals surface area contributed by atoms with Crippen LogP contribution in [0.3, 0.4) is 0 Å².